The number of aromatic nitrogens is 3. The van der Waals surface area contributed by atoms with Gasteiger partial charge in [0.1, 0.15) is 5.76 Å². The van der Waals surface area contributed by atoms with Crippen molar-refractivity contribution in [1.82, 2.24) is 20.3 Å². The number of hydrogen-bond acceptors (Lipinski definition) is 9. The third-order valence-electron chi connectivity index (χ3n) is 5.39. The van der Waals surface area contributed by atoms with Gasteiger partial charge in [-0.2, -0.15) is 0 Å². The van der Waals surface area contributed by atoms with Crippen LogP contribution >= 0.6 is 23.1 Å². The summed E-state index contributed by atoms with van der Waals surface area (Å²) in [4.78, 5) is 29.3. The minimum absolute atomic E-state index is 0.102. The van der Waals surface area contributed by atoms with Crippen molar-refractivity contribution in [2.75, 3.05) is 42.1 Å². The van der Waals surface area contributed by atoms with Gasteiger partial charge in [-0.1, -0.05) is 65.5 Å². The Morgan fingerprint density at radius 3 is 2.61 bits per heavy atom. The molecule has 2 aromatic heterocycles. The number of carbonyl (C=O) groups is 2. The second-order valence-corrected chi connectivity index (χ2v) is 9.87. The van der Waals surface area contributed by atoms with Gasteiger partial charge < -0.3 is 19.6 Å². The van der Waals surface area contributed by atoms with Crippen molar-refractivity contribution in [3.8, 4) is 0 Å². The van der Waals surface area contributed by atoms with Crippen LogP contribution in [0.25, 0.3) is 0 Å². The summed E-state index contributed by atoms with van der Waals surface area (Å²) in [6, 6.07) is 11.6. The second-order valence-electron chi connectivity index (χ2n) is 7.69. The van der Waals surface area contributed by atoms with Crippen molar-refractivity contribution in [2.45, 2.75) is 30.5 Å². The molecule has 1 aliphatic heterocycles. The Balaban J connectivity index is 1.26. The highest BCUT2D eigenvalue weighted by Crippen LogP contribution is 2.29. The van der Waals surface area contributed by atoms with E-state index in [0.717, 1.165) is 21.5 Å². The smallest absolute Gasteiger partial charge is 0.236 e. The predicted octanol–water partition coefficient (Wildman–Crippen LogP) is 3.41. The molecule has 1 aliphatic rings. The number of carbonyl (C=O) groups excluding carboxylic acids is 2. The molecule has 11 heteroatoms. The molecule has 2 amide bonds. The van der Waals surface area contributed by atoms with Crippen LogP contribution in [-0.2, 0) is 9.59 Å². The zero-order valence-electron chi connectivity index (χ0n) is 18.6. The van der Waals surface area contributed by atoms with E-state index in [0.29, 0.717) is 37.8 Å². The molecule has 0 bridgehead atoms. The van der Waals surface area contributed by atoms with Crippen LogP contribution in [0.15, 0.2) is 45.3 Å². The topological polar surface area (TPSA) is 104 Å². The molecule has 3 aromatic rings. The number of benzene rings is 1. The molecule has 3 heterocycles. The Bertz CT molecular complexity index is 1080. The highest BCUT2D eigenvalue weighted by Gasteiger charge is 2.28. The minimum atomic E-state index is -0.180. The number of aryl methyl sites for hydroxylation is 1. The zero-order valence-corrected chi connectivity index (χ0v) is 20.2. The van der Waals surface area contributed by atoms with Gasteiger partial charge in [0, 0.05) is 32.2 Å². The lowest BCUT2D eigenvalue weighted by Crippen LogP contribution is -2.50. The standard InChI is InChI=1S/C22H26N6O3S2/c1-3-17(16-7-5-4-6-8-16)20(30)27-9-11-28(12-10-27)21-24-25-22(33-21)32-14-19(29)23-18-13-15(2)31-26-18/h4-8,13,17H,3,9-12,14H2,1-2H3,(H,23,26,29)/t17-/m1/s1. The van der Waals surface area contributed by atoms with Gasteiger partial charge in [0.05, 0.1) is 11.7 Å². The molecule has 0 radical (unpaired) electrons. The van der Waals surface area contributed by atoms with Gasteiger partial charge in [-0.05, 0) is 18.9 Å². The van der Waals surface area contributed by atoms with E-state index in [2.05, 4.69) is 32.5 Å². The summed E-state index contributed by atoms with van der Waals surface area (Å²) in [6.07, 6.45) is 0.782. The predicted molar refractivity (Wildman–Crippen MR) is 129 cm³/mol. The van der Waals surface area contributed by atoms with Crippen LogP contribution in [-0.4, -0.2) is 64.0 Å². The maximum atomic E-state index is 13.1. The van der Waals surface area contributed by atoms with Crippen molar-refractivity contribution >= 4 is 45.9 Å². The molecule has 4 rings (SSSR count). The third-order valence-corrected chi connectivity index (χ3v) is 7.51. The molecular weight excluding hydrogens is 460 g/mol. The Hall–Kier alpha value is -2.92. The van der Waals surface area contributed by atoms with Gasteiger partial charge in [0.2, 0.25) is 16.9 Å². The first-order chi connectivity index (χ1) is 16.0. The molecular formula is C22H26N6O3S2. The van der Waals surface area contributed by atoms with E-state index in [1.54, 1.807) is 13.0 Å². The van der Waals surface area contributed by atoms with Crippen LogP contribution in [0.1, 0.15) is 30.6 Å². The van der Waals surface area contributed by atoms with Gasteiger partial charge >= 0.3 is 0 Å². The van der Waals surface area contributed by atoms with Gasteiger partial charge in [-0.3, -0.25) is 9.59 Å². The van der Waals surface area contributed by atoms with E-state index in [1.165, 1.54) is 23.1 Å². The summed E-state index contributed by atoms with van der Waals surface area (Å²) < 4.78 is 5.67. The van der Waals surface area contributed by atoms with E-state index >= 15 is 0 Å². The van der Waals surface area contributed by atoms with Crippen molar-refractivity contribution in [2.24, 2.45) is 0 Å². The average Bonchev–Trinajstić information content (AvgIpc) is 3.48. The number of amides is 2. The third kappa shape index (κ3) is 5.91. The minimum Gasteiger partial charge on any atom is -0.360 e. The van der Waals surface area contributed by atoms with Gasteiger partial charge in [-0.25, -0.2) is 0 Å². The second kappa shape index (κ2) is 10.8. The largest absolute Gasteiger partial charge is 0.360 e. The van der Waals surface area contributed by atoms with Crippen LogP contribution in [0, 0.1) is 6.92 Å². The van der Waals surface area contributed by atoms with E-state index in [-0.39, 0.29) is 23.5 Å². The quantitative estimate of drug-likeness (QED) is 0.483. The highest BCUT2D eigenvalue weighted by atomic mass is 32.2. The summed E-state index contributed by atoms with van der Waals surface area (Å²) in [5.41, 5.74) is 1.07. The maximum Gasteiger partial charge on any atom is 0.236 e. The van der Waals surface area contributed by atoms with Crippen molar-refractivity contribution in [3.63, 3.8) is 0 Å². The molecule has 1 saturated heterocycles. The number of rotatable bonds is 8. The number of thioether (sulfide) groups is 1. The van der Waals surface area contributed by atoms with Crippen LogP contribution < -0.4 is 10.2 Å². The van der Waals surface area contributed by atoms with Crippen LogP contribution in [0.3, 0.4) is 0 Å². The van der Waals surface area contributed by atoms with Crippen LogP contribution in [0.2, 0.25) is 0 Å². The van der Waals surface area contributed by atoms with Crippen LogP contribution in [0.5, 0.6) is 0 Å². The molecule has 0 saturated carbocycles. The summed E-state index contributed by atoms with van der Waals surface area (Å²) in [7, 11) is 0. The molecule has 33 heavy (non-hydrogen) atoms. The molecule has 1 atom stereocenters. The summed E-state index contributed by atoms with van der Waals surface area (Å²) in [5, 5.41) is 15.7. The Morgan fingerprint density at radius 1 is 1.18 bits per heavy atom. The zero-order chi connectivity index (χ0) is 23.2. The van der Waals surface area contributed by atoms with Crippen molar-refractivity contribution < 1.29 is 14.1 Å². The lowest BCUT2D eigenvalue weighted by Gasteiger charge is -2.36. The lowest BCUT2D eigenvalue weighted by atomic mass is 9.95. The van der Waals surface area contributed by atoms with E-state index in [4.69, 9.17) is 4.52 Å². The van der Waals surface area contributed by atoms with E-state index in [1.807, 2.05) is 35.2 Å². The first-order valence-electron chi connectivity index (χ1n) is 10.8. The van der Waals surface area contributed by atoms with E-state index in [9.17, 15) is 9.59 Å². The molecule has 0 unspecified atom stereocenters. The Labute approximate surface area is 200 Å². The van der Waals surface area contributed by atoms with E-state index < -0.39 is 0 Å². The normalized spacial score (nSPS) is 14.8. The average molecular weight is 487 g/mol. The summed E-state index contributed by atoms with van der Waals surface area (Å²) >= 11 is 2.79. The highest BCUT2D eigenvalue weighted by molar-refractivity contribution is 8.01. The summed E-state index contributed by atoms with van der Waals surface area (Å²) in [5.74, 6) is 1.15. The monoisotopic (exact) mass is 486 g/mol. The fourth-order valence-electron chi connectivity index (χ4n) is 3.70. The molecule has 9 nitrogen and oxygen atoms in total. The number of nitrogens with one attached hydrogen (secondary N) is 1. The fourth-order valence-corrected chi connectivity index (χ4v) is 5.39. The van der Waals surface area contributed by atoms with Gasteiger partial charge in [0.25, 0.3) is 0 Å². The summed E-state index contributed by atoms with van der Waals surface area (Å²) in [6.45, 7) is 6.55. The van der Waals surface area contributed by atoms with Gasteiger partial charge in [-0.15, -0.1) is 10.2 Å². The Morgan fingerprint density at radius 2 is 1.94 bits per heavy atom. The first-order valence-corrected chi connectivity index (χ1v) is 12.6. The molecule has 0 aliphatic carbocycles. The van der Waals surface area contributed by atoms with Gasteiger partial charge in [0.15, 0.2) is 10.2 Å². The Kier molecular flexibility index (Phi) is 7.61. The molecule has 174 valence electrons. The SMILES string of the molecule is CC[C@@H](C(=O)N1CCN(c2nnc(SCC(=O)Nc3cc(C)on3)s2)CC1)c1ccccc1. The number of hydrogen-bond donors (Lipinski definition) is 1. The molecule has 0 spiro atoms. The van der Waals surface area contributed by atoms with Crippen molar-refractivity contribution in [3.05, 3.63) is 47.7 Å². The van der Waals surface area contributed by atoms with Crippen LogP contribution in [0.4, 0.5) is 10.9 Å². The first kappa shape index (κ1) is 23.2. The fraction of sp³-hybridized carbons (Fsp3) is 0.409. The number of piperazine rings is 1. The molecule has 1 aromatic carbocycles. The molecule has 1 N–H and O–H groups in total. The number of nitrogens with zero attached hydrogens (tertiary/aromatic N) is 5. The maximum absolute atomic E-state index is 13.1. The molecule has 1 fully saturated rings. The lowest BCUT2D eigenvalue weighted by molar-refractivity contribution is -0.133. The number of anilines is 2. The van der Waals surface area contributed by atoms with Crippen molar-refractivity contribution in [1.29, 1.82) is 0 Å².